The summed E-state index contributed by atoms with van der Waals surface area (Å²) in [6.07, 6.45) is 1.20. The summed E-state index contributed by atoms with van der Waals surface area (Å²) >= 11 is 0. The van der Waals surface area contributed by atoms with Gasteiger partial charge in [0, 0.05) is 10.9 Å². The number of aryl methyl sites for hydroxylation is 1. The van der Waals surface area contributed by atoms with Crippen molar-refractivity contribution >= 4 is 21.1 Å². The Morgan fingerprint density at radius 3 is 2.61 bits per heavy atom. The molecule has 0 aliphatic heterocycles. The van der Waals surface area contributed by atoms with E-state index in [2.05, 4.69) is 0 Å². The molecular weight excluding hydrogens is 252 g/mol. The highest BCUT2D eigenvalue weighted by Crippen LogP contribution is 2.32. The van der Waals surface area contributed by atoms with Crippen molar-refractivity contribution in [2.75, 3.05) is 6.26 Å². The molecule has 0 fully saturated rings. The second-order valence-electron chi connectivity index (χ2n) is 4.24. The average molecular weight is 268 g/mol. The fourth-order valence-corrected chi connectivity index (χ4v) is 2.73. The molecule has 0 saturated carbocycles. The Morgan fingerprint density at radius 1 is 1.33 bits per heavy atom. The minimum atomic E-state index is -3.49. The highest BCUT2D eigenvalue weighted by atomic mass is 32.2. The van der Waals surface area contributed by atoms with E-state index in [0.29, 0.717) is 5.76 Å². The van der Waals surface area contributed by atoms with Gasteiger partial charge in [0.15, 0.2) is 0 Å². The van der Waals surface area contributed by atoms with Crippen LogP contribution < -0.4 is 0 Å². The van der Waals surface area contributed by atoms with Gasteiger partial charge in [0.05, 0.1) is 6.26 Å². The van der Waals surface area contributed by atoms with Crippen LogP contribution in [0.25, 0.3) is 11.0 Å². The van der Waals surface area contributed by atoms with Crippen LogP contribution >= 0.6 is 0 Å². The van der Waals surface area contributed by atoms with Gasteiger partial charge in [-0.2, -0.15) is 8.42 Å². The van der Waals surface area contributed by atoms with Crippen molar-refractivity contribution in [3.63, 3.8) is 0 Å². The van der Waals surface area contributed by atoms with E-state index in [9.17, 15) is 8.42 Å². The molecule has 4 nitrogen and oxygen atoms in total. The average Bonchev–Trinajstić information content (AvgIpc) is 2.65. The van der Waals surface area contributed by atoms with E-state index in [1.807, 2.05) is 31.2 Å². The summed E-state index contributed by atoms with van der Waals surface area (Å²) in [5, 5.41) is 1.01. The van der Waals surface area contributed by atoms with E-state index < -0.39 is 16.2 Å². The van der Waals surface area contributed by atoms with Crippen LogP contribution in [-0.2, 0) is 20.7 Å². The van der Waals surface area contributed by atoms with Gasteiger partial charge in [0.2, 0.25) is 0 Å². The monoisotopic (exact) mass is 268 g/mol. The lowest BCUT2D eigenvalue weighted by Crippen LogP contribution is -2.08. The number of fused-ring (bicyclic) bond motifs is 1. The van der Waals surface area contributed by atoms with E-state index in [1.165, 1.54) is 0 Å². The van der Waals surface area contributed by atoms with Crippen molar-refractivity contribution in [1.82, 2.24) is 0 Å². The molecule has 0 bridgehead atoms. The maximum atomic E-state index is 11.2. The predicted octanol–water partition coefficient (Wildman–Crippen LogP) is 3.03. The summed E-state index contributed by atoms with van der Waals surface area (Å²) in [4.78, 5) is 0. The molecule has 0 saturated heterocycles. The molecule has 1 aromatic carbocycles. The Morgan fingerprint density at radius 2 is 2.00 bits per heavy atom. The summed E-state index contributed by atoms with van der Waals surface area (Å²) in [6.45, 7) is 3.69. The second-order valence-corrected chi connectivity index (χ2v) is 5.84. The fraction of sp³-hybridized carbons (Fsp3) is 0.385. The van der Waals surface area contributed by atoms with Crippen molar-refractivity contribution in [2.45, 2.75) is 26.4 Å². The van der Waals surface area contributed by atoms with Crippen molar-refractivity contribution in [1.29, 1.82) is 0 Å². The van der Waals surface area contributed by atoms with Gasteiger partial charge in [-0.15, -0.1) is 0 Å². The topological polar surface area (TPSA) is 56.5 Å². The molecule has 0 spiro atoms. The van der Waals surface area contributed by atoms with Crippen molar-refractivity contribution in [3.05, 3.63) is 35.6 Å². The maximum Gasteiger partial charge on any atom is 0.265 e. The highest BCUT2D eigenvalue weighted by Gasteiger charge is 2.21. The molecular formula is C13H16O4S. The molecule has 98 valence electrons. The zero-order valence-corrected chi connectivity index (χ0v) is 11.5. The number of furan rings is 1. The van der Waals surface area contributed by atoms with Gasteiger partial charge in [-0.1, -0.05) is 25.1 Å². The van der Waals surface area contributed by atoms with Crippen molar-refractivity contribution in [2.24, 2.45) is 0 Å². The molecule has 0 aliphatic rings. The Bertz CT molecular complexity index is 655. The van der Waals surface area contributed by atoms with E-state index >= 15 is 0 Å². The third kappa shape index (κ3) is 2.57. The van der Waals surface area contributed by atoms with Crippen LogP contribution in [0.4, 0.5) is 0 Å². The SMILES string of the molecule is CCc1c(C(C)OS(C)(=O)=O)oc2ccccc12. The van der Waals surface area contributed by atoms with Crippen LogP contribution in [0.5, 0.6) is 0 Å². The normalized spacial score (nSPS) is 13.9. The largest absolute Gasteiger partial charge is 0.458 e. The molecule has 18 heavy (non-hydrogen) atoms. The fourth-order valence-electron chi connectivity index (χ4n) is 2.12. The summed E-state index contributed by atoms with van der Waals surface area (Å²) in [5.74, 6) is 0.587. The van der Waals surface area contributed by atoms with Gasteiger partial charge < -0.3 is 4.42 Å². The third-order valence-electron chi connectivity index (χ3n) is 2.77. The molecule has 1 unspecified atom stereocenters. The zero-order chi connectivity index (χ0) is 13.3. The molecule has 0 aliphatic carbocycles. The van der Waals surface area contributed by atoms with Crippen LogP contribution in [0.1, 0.15) is 31.3 Å². The van der Waals surface area contributed by atoms with E-state index in [4.69, 9.17) is 8.60 Å². The molecule has 1 heterocycles. The summed E-state index contributed by atoms with van der Waals surface area (Å²) in [6, 6.07) is 7.65. The van der Waals surface area contributed by atoms with Crippen molar-refractivity contribution < 1.29 is 17.0 Å². The Balaban J connectivity index is 2.50. The lowest BCUT2D eigenvalue weighted by Gasteiger charge is -2.09. The first-order valence-electron chi connectivity index (χ1n) is 5.81. The van der Waals surface area contributed by atoms with Gasteiger partial charge in [-0.05, 0) is 19.4 Å². The smallest absolute Gasteiger partial charge is 0.265 e. The van der Waals surface area contributed by atoms with Gasteiger partial charge >= 0.3 is 0 Å². The van der Waals surface area contributed by atoms with E-state index in [0.717, 1.165) is 29.2 Å². The van der Waals surface area contributed by atoms with Crippen molar-refractivity contribution in [3.8, 4) is 0 Å². The van der Waals surface area contributed by atoms with E-state index in [-0.39, 0.29) is 0 Å². The first-order valence-corrected chi connectivity index (χ1v) is 7.62. The third-order valence-corrected chi connectivity index (χ3v) is 3.41. The molecule has 2 rings (SSSR count). The molecule has 2 aromatic rings. The molecule has 1 atom stereocenters. The van der Waals surface area contributed by atoms with Gasteiger partial charge in [0.1, 0.15) is 17.4 Å². The Labute approximate surface area is 107 Å². The standard InChI is InChI=1S/C13H16O4S/c1-4-10-11-7-5-6-8-12(11)16-13(10)9(2)17-18(3,14)15/h5-9H,4H2,1-3H3. The summed E-state index contributed by atoms with van der Waals surface area (Å²) in [5.41, 5.74) is 1.76. The number of para-hydroxylation sites is 1. The predicted molar refractivity (Wildman–Crippen MR) is 69.9 cm³/mol. The van der Waals surface area contributed by atoms with E-state index in [1.54, 1.807) is 6.92 Å². The lowest BCUT2D eigenvalue weighted by molar-refractivity contribution is 0.206. The molecule has 0 radical (unpaired) electrons. The quantitative estimate of drug-likeness (QED) is 0.800. The first kappa shape index (κ1) is 13.1. The molecule has 0 amide bonds. The number of hydrogen-bond acceptors (Lipinski definition) is 4. The Hall–Kier alpha value is -1.33. The summed E-state index contributed by atoms with van der Waals surface area (Å²) < 4.78 is 33.0. The molecule has 1 aromatic heterocycles. The number of rotatable bonds is 4. The first-order chi connectivity index (χ1) is 8.42. The van der Waals surface area contributed by atoms with Crippen LogP contribution in [0.2, 0.25) is 0 Å². The Kier molecular flexibility index (Phi) is 3.45. The number of hydrogen-bond donors (Lipinski definition) is 0. The minimum Gasteiger partial charge on any atom is -0.458 e. The molecule has 5 heteroatoms. The van der Waals surface area contributed by atoms with Gasteiger partial charge in [-0.25, -0.2) is 0 Å². The van der Waals surface area contributed by atoms with Gasteiger partial charge in [0.25, 0.3) is 10.1 Å². The zero-order valence-electron chi connectivity index (χ0n) is 10.6. The van der Waals surface area contributed by atoms with Crippen LogP contribution in [0.15, 0.2) is 28.7 Å². The highest BCUT2D eigenvalue weighted by molar-refractivity contribution is 7.86. The lowest BCUT2D eigenvalue weighted by atomic mass is 10.1. The van der Waals surface area contributed by atoms with Gasteiger partial charge in [-0.3, -0.25) is 4.18 Å². The summed E-state index contributed by atoms with van der Waals surface area (Å²) in [7, 11) is -3.49. The van der Waals surface area contributed by atoms with Crippen LogP contribution in [0, 0.1) is 0 Å². The number of benzene rings is 1. The second kappa shape index (κ2) is 4.74. The maximum absolute atomic E-state index is 11.2. The van der Waals surface area contributed by atoms with Crippen LogP contribution in [-0.4, -0.2) is 14.7 Å². The molecule has 0 N–H and O–H groups in total. The van der Waals surface area contributed by atoms with Crippen LogP contribution in [0.3, 0.4) is 0 Å². The minimum absolute atomic E-state index is 0.587.